The number of aromatic nitrogens is 2. The monoisotopic (exact) mass is 516 g/mol. The van der Waals surface area contributed by atoms with Crippen LogP contribution in [0.5, 0.6) is 0 Å². The topological polar surface area (TPSA) is 127 Å². The summed E-state index contributed by atoms with van der Waals surface area (Å²) in [5, 5.41) is 8.13. The Hall–Kier alpha value is -2.59. The minimum absolute atomic E-state index is 0. The van der Waals surface area contributed by atoms with Crippen molar-refractivity contribution in [1.82, 2.24) is 20.0 Å². The molecule has 0 radical (unpaired) electrons. The molecular formula is C25H33ClN6O4. The van der Waals surface area contributed by atoms with Gasteiger partial charge in [0.2, 0.25) is 11.8 Å². The Morgan fingerprint density at radius 1 is 0.917 bits per heavy atom. The average molecular weight is 517 g/mol. The lowest BCUT2D eigenvalue weighted by Gasteiger charge is -2.39. The Morgan fingerprint density at radius 2 is 1.44 bits per heavy atom. The number of carbonyl (C=O) groups excluding carboxylic acids is 4. The van der Waals surface area contributed by atoms with Crippen molar-refractivity contribution in [2.45, 2.75) is 51.5 Å². The molecule has 11 heteroatoms. The number of fused-ring (bicyclic) bond motifs is 1. The summed E-state index contributed by atoms with van der Waals surface area (Å²) < 4.78 is -0.359. The van der Waals surface area contributed by atoms with Gasteiger partial charge in [-0.1, -0.05) is 0 Å². The Labute approximate surface area is 216 Å². The highest BCUT2D eigenvalue weighted by Gasteiger charge is 2.56. The molecule has 2 saturated heterocycles. The lowest BCUT2D eigenvalue weighted by atomic mass is 9.94. The van der Waals surface area contributed by atoms with Gasteiger partial charge in [0.05, 0.1) is 12.2 Å². The van der Waals surface area contributed by atoms with E-state index in [1.165, 1.54) is 0 Å². The van der Waals surface area contributed by atoms with Crippen molar-refractivity contribution < 1.29 is 36.1 Å². The van der Waals surface area contributed by atoms with Gasteiger partial charge in [0.15, 0.2) is 0 Å². The second-order valence-corrected chi connectivity index (χ2v) is 11.3. The number of nitrogens with two attached hydrogens (primary N) is 1. The normalized spacial score (nSPS) is 29.8. The molecule has 4 amide bonds. The molecule has 0 aromatic carbocycles. The molecule has 2 saturated carbocycles. The quantitative estimate of drug-likeness (QED) is 0.327. The van der Waals surface area contributed by atoms with Crippen molar-refractivity contribution in [1.29, 1.82) is 0 Å². The Morgan fingerprint density at radius 3 is 1.94 bits per heavy atom. The van der Waals surface area contributed by atoms with Crippen LogP contribution in [0, 0.1) is 23.7 Å². The summed E-state index contributed by atoms with van der Waals surface area (Å²) in [5.74, 6) is -0.0865. The number of hydrogen-bond donors (Lipinski definition) is 1. The number of nitrogen functional groups attached to an aromatic ring is 1. The van der Waals surface area contributed by atoms with Crippen LogP contribution in [-0.2, 0) is 32.1 Å². The largest absolute Gasteiger partial charge is 1.00 e. The summed E-state index contributed by atoms with van der Waals surface area (Å²) in [6, 6.07) is 1.70. The van der Waals surface area contributed by atoms with Crippen molar-refractivity contribution >= 4 is 29.4 Å². The first-order valence-corrected chi connectivity index (χ1v) is 12.9. The molecular weight excluding hydrogens is 484 g/mol. The molecule has 2 atom stereocenters. The first-order chi connectivity index (χ1) is 16.8. The zero-order valence-electron chi connectivity index (χ0n) is 20.4. The molecule has 10 nitrogen and oxygen atoms in total. The lowest BCUT2D eigenvalue weighted by Crippen LogP contribution is -3.00. The third-order valence-electron chi connectivity index (χ3n) is 8.47. The highest BCUT2D eigenvalue weighted by Crippen LogP contribution is 2.37. The van der Waals surface area contributed by atoms with E-state index in [9.17, 15) is 19.2 Å². The molecule has 36 heavy (non-hydrogen) atoms. The highest BCUT2D eigenvalue weighted by atomic mass is 35.5. The van der Waals surface area contributed by atoms with Crippen molar-refractivity contribution in [3.8, 4) is 0 Å². The number of carbonyl (C=O) groups is 4. The van der Waals surface area contributed by atoms with Crippen molar-refractivity contribution in [2.24, 2.45) is 23.7 Å². The van der Waals surface area contributed by atoms with Gasteiger partial charge in [-0.15, -0.1) is 5.10 Å². The third kappa shape index (κ3) is 4.61. The Bertz CT molecular complexity index is 1050. The first kappa shape index (κ1) is 25.1. The molecule has 1 aromatic heterocycles. The molecule has 0 spiro atoms. The van der Waals surface area contributed by atoms with E-state index in [0.717, 1.165) is 36.9 Å². The Balaban J connectivity index is 0.00000267. The average Bonchev–Trinajstić information content (AvgIpc) is 3.76. The number of halogens is 1. The molecule has 2 unspecified atom stereocenters. The molecule has 6 rings (SSSR count). The molecule has 4 heterocycles. The number of likely N-dealkylation sites (tertiary alicyclic amines) is 2. The smallest absolute Gasteiger partial charge is 0.326 e. The maximum atomic E-state index is 14.2. The highest BCUT2D eigenvalue weighted by molar-refractivity contribution is 5.94. The standard InChI is InChI=1S/C25H33N6O4.ClH/c26-21-7-19-14-31(6-5-20(19)27-28-21,24(34)17-8-22(32)29(12-17)10-15-1-2-15)25(35)18-9-23(33)30(13-18)11-16-3-4-16;/h7,15-18H,1-6,8-14H2,(H2,26,28);1H/q+1;/p-1. The maximum absolute atomic E-state index is 14.2. The molecule has 3 aliphatic heterocycles. The van der Waals surface area contributed by atoms with Crippen LogP contribution in [0.3, 0.4) is 0 Å². The first-order valence-electron chi connectivity index (χ1n) is 12.9. The van der Waals surface area contributed by atoms with Gasteiger partial charge in [0, 0.05) is 51.0 Å². The van der Waals surface area contributed by atoms with Crippen LogP contribution >= 0.6 is 0 Å². The van der Waals surface area contributed by atoms with E-state index in [2.05, 4.69) is 10.2 Å². The van der Waals surface area contributed by atoms with Gasteiger partial charge in [-0.2, -0.15) is 9.58 Å². The van der Waals surface area contributed by atoms with Crippen molar-refractivity contribution in [2.75, 3.05) is 38.5 Å². The number of amides is 4. The van der Waals surface area contributed by atoms with Gasteiger partial charge in [0.1, 0.15) is 24.2 Å². The van der Waals surface area contributed by atoms with Gasteiger partial charge in [-0.25, -0.2) is 9.59 Å². The summed E-state index contributed by atoms with van der Waals surface area (Å²) in [4.78, 5) is 57.3. The molecule has 194 valence electrons. The van der Waals surface area contributed by atoms with Gasteiger partial charge in [-0.3, -0.25) is 9.59 Å². The van der Waals surface area contributed by atoms with E-state index < -0.39 is 11.8 Å². The van der Waals surface area contributed by atoms with E-state index in [1.54, 1.807) is 15.9 Å². The van der Waals surface area contributed by atoms with Crippen LogP contribution in [0.25, 0.3) is 0 Å². The molecule has 0 bridgehead atoms. The van der Waals surface area contributed by atoms with Gasteiger partial charge < -0.3 is 27.9 Å². The van der Waals surface area contributed by atoms with Crippen LogP contribution in [0.15, 0.2) is 6.07 Å². The van der Waals surface area contributed by atoms with E-state index in [4.69, 9.17) is 5.73 Å². The van der Waals surface area contributed by atoms with E-state index in [1.807, 2.05) is 0 Å². The van der Waals surface area contributed by atoms with Crippen LogP contribution in [0.2, 0.25) is 0 Å². The number of rotatable bonds is 6. The van der Waals surface area contributed by atoms with Crippen LogP contribution in [0.4, 0.5) is 5.82 Å². The van der Waals surface area contributed by atoms with Gasteiger partial charge in [0.25, 0.3) is 0 Å². The molecule has 4 fully saturated rings. The third-order valence-corrected chi connectivity index (χ3v) is 8.47. The van der Waals surface area contributed by atoms with E-state index >= 15 is 0 Å². The van der Waals surface area contributed by atoms with Crippen molar-refractivity contribution in [3.05, 3.63) is 17.3 Å². The fraction of sp³-hybridized carbons (Fsp3) is 0.680. The summed E-state index contributed by atoms with van der Waals surface area (Å²) >= 11 is 0. The van der Waals surface area contributed by atoms with Gasteiger partial charge in [-0.05, 0) is 43.6 Å². The summed E-state index contributed by atoms with van der Waals surface area (Å²) in [6.45, 7) is 2.61. The second-order valence-electron chi connectivity index (χ2n) is 11.3. The number of imide groups is 1. The fourth-order valence-electron chi connectivity index (χ4n) is 6.12. The predicted octanol–water partition coefficient (Wildman–Crippen LogP) is -2.49. The van der Waals surface area contributed by atoms with Crippen LogP contribution in [-0.4, -0.2) is 80.8 Å². The molecule has 2 aliphatic carbocycles. The maximum Gasteiger partial charge on any atom is 0.326 e. The molecule has 1 aromatic rings. The van der Waals surface area contributed by atoms with Crippen LogP contribution in [0.1, 0.15) is 49.8 Å². The second kappa shape index (κ2) is 9.37. The summed E-state index contributed by atoms with van der Waals surface area (Å²) in [5.41, 5.74) is 7.40. The number of nitrogens with zero attached hydrogens (tertiary/aromatic N) is 5. The SMILES string of the molecule is Nc1cc2c(nn1)CC[N+](C(=O)C1CC(=O)N(CC3CC3)C1)(C(=O)C1CC(=O)N(CC3CC3)C1)C2.[Cl-]. The number of anilines is 1. The van der Waals surface area contributed by atoms with E-state index in [-0.39, 0.29) is 72.3 Å². The summed E-state index contributed by atoms with van der Waals surface area (Å²) in [6.07, 6.45) is 5.26. The predicted molar refractivity (Wildman–Crippen MR) is 124 cm³/mol. The van der Waals surface area contributed by atoms with Crippen molar-refractivity contribution in [3.63, 3.8) is 0 Å². The van der Waals surface area contributed by atoms with E-state index in [0.29, 0.717) is 44.4 Å². The Kier molecular flexibility index (Phi) is 6.53. The minimum Gasteiger partial charge on any atom is -1.00 e. The van der Waals surface area contributed by atoms with Crippen LogP contribution < -0.4 is 18.1 Å². The molecule has 5 aliphatic rings. The molecule has 2 N–H and O–H groups in total. The van der Waals surface area contributed by atoms with Gasteiger partial charge >= 0.3 is 11.8 Å². The minimum atomic E-state index is -0.515. The number of hydrogen-bond acceptors (Lipinski definition) is 7. The summed E-state index contributed by atoms with van der Waals surface area (Å²) in [7, 11) is 0. The number of quaternary nitrogens is 1. The zero-order valence-corrected chi connectivity index (χ0v) is 21.2. The lowest BCUT2D eigenvalue weighted by molar-refractivity contribution is -0.799. The fourth-order valence-corrected chi connectivity index (χ4v) is 6.12. The zero-order chi connectivity index (χ0) is 24.3.